The zero-order valence-corrected chi connectivity index (χ0v) is 18.9. The number of piperidine rings is 1. The van der Waals surface area contributed by atoms with E-state index in [4.69, 9.17) is 0 Å². The van der Waals surface area contributed by atoms with Crippen LogP contribution in [0.3, 0.4) is 0 Å². The first kappa shape index (κ1) is 23.2. The molecule has 1 atom stereocenters. The van der Waals surface area contributed by atoms with Crippen molar-refractivity contribution in [1.82, 2.24) is 25.3 Å². The van der Waals surface area contributed by atoms with Gasteiger partial charge in [-0.2, -0.15) is 5.10 Å². The van der Waals surface area contributed by atoms with Crippen LogP contribution in [0.2, 0.25) is 0 Å². The maximum absolute atomic E-state index is 10.6. The van der Waals surface area contributed by atoms with Gasteiger partial charge in [-0.05, 0) is 45.7 Å². The summed E-state index contributed by atoms with van der Waals surface area (Å²) in [4.78, 5) is 7.06. The molecule has 1 saturated heterocycles. The third kappa shape index (κ3) is 7.40. The van der Waals surface area contributed by atoms with Gasteiger partial charge in [0.05, 0.1) is 12.7 Å². The van der Waals surface area contributed by atoms with Gasteiger partial charge in [0.1, 0.15) is 5.60 Å². The standard InChI is InChI=1S/C18H34N6O.HI/c1-5-19-17(20-8-11-24-9-6-15(2)7-10-24)21-14-18(3,25)16-12-22-23(4)13-16;/h12-13,15,25H,5-11,14H2,1-4H3,(H2,19,20,21);1H. The topological polar surface area (TPSA) is 77.7 Å². The highest BCUT2D eigenvalue weighted by molar-refractivity contribution is 14.0. The van der Waals surface area contributed by atoms with Crippen LogP contribution < -0.4 is 10.6 Å². The van der Waals surface area contributed by atoms with E-state index in [1.54, 1.807) is 17.8 Å². The molecule has 0 bridgehead atoms. The van der Waals surface area contributed by atoms with Crippen LogP contribution in [0.5, 0.6) is 0 Å². The number of likely N-dealkylation sites (tertiary alicyclic amines) is 1. The average molecular weight is 478 g/mol. The molecule has 1 aromatic heterocycles. The number of aliphatic hydroxyl groups is 1. The van der Waals surface area contributed by atoms with Crippen LogP contribution in [0, 0.1) is 5.92 Å². The quantitative estimate of drug-likeness (QED) is 0.315. The molecule has 0 aromatic carbocycles. The van der Waals surface area contributed by atoms with E-state index in [1.807, 2.05) is 20.2 Å². The Morgan fingerprint density at radius 3 is 2.65 bits per heavy atom. The summed E-state index contributed by atoms with van der Waals surface area (Å²) in [6.45, 7) is 11.5. The number of aliphatic imine (C=N–C) groups is 1. The molecule has 1 unspecified atom stereocenters. The third-order valence-corrected chi connectivity index (χ3v) is 4.81. The molecular formula is C18H35IN6O. The fraction of sp³-hybridized carbons (Fsp3) is 0.778. The summed E-state index contributed by atoms with van der Waals surface area (Å²) >= 11 is 0. The van der Waals surface area contributed by atoms with E-state index in [-0.39, 0.29) is 30.5 Å². The molecule has 0 radical (unpaired) electrons. The Bertz CT molecular complexity index is 552. The van der Waals surface area contributed by atoms with Crippen LogP contribution in [0.15, 0.2) is 17.4 Å². The van der Waals surface area contributed by atoms with Crippen LogP contribution in [0.25, 0.3) is 0 Å². The Labute approximate surface area is 174 Å². The predicted octanol–water partition coefficient (Wildman–Crippen LogP) is 1.53. The second-order valence-electron chi connectivity index (χ2n) is 7.32. The first-order valence-corrected chi connectivity index (χ1v) is 9.36. The van der Waals surface area contributed by atoms with Gasteiger partial charge in [-0.1, -0.05) is 6.92 Å². The lowest BCUT2D eigenvalue weighted by molar-refractivity contribution is 0.0671. The molecule has 150 valence electrons. The number of nitrogens with one attached hydrogen (secondary N) is 2. The van der Waals surface area contributed by atoms with E-state index in [2.05, 4.69) is 32.5 Å². The highest BCUT2D eigenvalue weighted by Gasteiger charge is 2.24. The van der Waals surface area contributed by atoms with Crippen LogP contribution in [0.1, 0.15) is 39.2 Å². The van der Waals surface area contributed by atoms with E-state index in [1.165, 1.54) is 25.9 Å². The van der Waals surface area contributed by atoms with Gasteiger partial charge in [0.15, 0.2) is 5.96 Å². The molecule has 7 nitrogen and oxygen atoms in total. The molecule has 0 saturated carbocycles. The van der Waals surface area contributed by atoms with Gasteiger partial charge in [0.2, 0.25) is 0 Å². The number of nitrogens with zero attached hydrogens (tertiary/aromatic N) is 4. The van der Waals surface area contributed by atoms with Gasteiger partial charge in [0.25, 0.3) is 0 Å². The maximum atomic E-state index is 10.6. The molecule has 0 amide bonds. The van der Waals surface area contributed by atoms with Gasteiger partial charge in [0, 0.05) is 38.4 Å². The molecular weight excluding hydrogens is 443 g/mol. The highest BCUT2D eigenvalue weighted by atomic mass is 127. The number of guanidine groups is 1. The Morgan fingerprint density at radius 2 is 2.08 bits per heavy atom. The average Bonchev–Trinajstić information content (AvgIpc) is 3.02. The number of hydrogen-bond donors (Lipinski definition) is 3. The number of rotatable bonds is 7. The summed E-state index contributed by atoms with van der Waals surface area (Å²) in [6.07, 6.45) is 6.10. The SMILES string of the molecule is CCNC(=NCC(C)(O)c1cnn(C)c1)NCCN1CCC(C)CC1.I. The van der Waals surface area contributed by atoms with Crippen molar-refractivity contribution < 1.29 is 5.11 Å². The van der Waals surface area contributed by atoms with Crippen LogP contribution >= 0.6 is 24.0 Å². The van der Waals surface area contributed by atoms with Crippen molar-refractivity contribution in [3.05, 3.63) is 18.0 Å². The number of halogens is 1. The molecule has 0 spiro atoms. The monoisotopic (exact) mass is 478 g/mol. The van der Waals surface area contributed by atoms with Crippen LogP contribution in [-0.2, 0) is 12.6 Å². The smallest absolute Gasteiger partial charge is 0.191 e. The molecule has 2 rings (SSSR count). The zero-order valence-electron chi connectivity index (χ0n) is 16.5. The summed E-state index contributed by atoms with van der Waals surface area (Å²) in [7, 11) is 1.84. The summed E-state index contributed by atoms with van der Waals surface area (Å²) in [6, 6.07) is 0. The number of aromatic nitrogens is 2. The lowest BCUT2D eigenvalue weighted by atomic mass is 9.99. The summed E-state index contributed by atoms with van der Waals surface area (Å²) < 4.78 is 1.69. The largest absolute Gasteiger partial charge is 0.383 e. The highest BCUT2D eigenvalue weighted by Crippen LogP contribution is 2.19. The molecule has 1 aliphatic rings. The zero-order chi connectivity index (χ0) is 18.3. The minimum atomic E-state index is -1.03. The molecule has 26 heavy (non-hydrogen) atoms. The van der Waals surface area contributed by atoms with Crippen molar-refractivity contribution in [2.45, 2.75) is 39.2 Å². The van der Waals surface area contributed by atoms with E-state index in [0.717, 1.165) is 37.1 Å². The Morgan fingerprint density at radius 1 is 1.38 bits per heavy atom. The molecule has 1 aromatic rings. The molecule has 0 aliphatic carbocycles. The maximum Gasteiger partial charge on any atom is 0.191 e. The lowest BCUT2D eigenvalue weighted by Gasteiger charge is -2.30. The van der Waals surface area contributed by atoms with Crippen molar-refractivity contribution in [2.24, 2.45) is 18.0 Å². The normalized spacial score (nSPS) is 18.9. The van der Waals surface area contributed by atoms with Crippen molar-refractivity contribution >= 4 is 29.9 Å². The molecule has 1 aliphatic heterocycles. The van der Waals surface area contributed by atoms with Crippen molar-refractivity contribution in [2.75, 3.05) is 39.3 Å². The van der Waals surface area contributed by atoms with Gasteiger partial charge in [-0.3, -0.25) is 4.68 Å². The molecule has 3 N–H and O–H groups in total. The second-order valence-corrected chi connectivity index (χ2v) is 7.32. The summed E-state index contributed by atoms with van der Waals surface area (Å²) in [5.41, 5.74) is -0.253. The first-order chi connectivity index (χ1) is 11.9. The van der Waals surface area contributed by atoms with E-state index in [9.17, 15) is 5.11 Å². The van der Waals surface area contributed by atoms with E-state index in [0.29, 0.717) is 0 Å². The number of aryl methyl sites for hydroxylation is 1. The van der Waals surface area contributed by atoms with Crippen molar-refractivity contribution in [3.8, 4) is 0 Å². The van der Waals surface area contributed by atoms with Gasteiger partial charge >= 0.3 is 0 Å². The van der Waals surface area contributed by atoms with Gasteiger partial charge in [-0.25, -0.2) is 4.99 Å². The second kappa shape index (κ2) is 11.1. The summed E-state index contributed by atoms with van der Waals surface area (Å²) in [5, 5.41) is 21.4. The Balaban J connectivity index is 0.00000338. The van der Waals surface area contributed by atoms with Crippen molar-refractivity contribution in [1.29, 1.82) is 0 Å². The van der Waals surface area contributed by atoms with Gasteiger partial charge in [-0.15, -0.1) is 24.0 Å². The Hall–Kier alpha value is -0.870. The molecule has 2 heterocycles. The Kier molecular flexibility index (Phi) is 9.88. The fourth-order valence-electron chi connectivity index (χ4n) is 2.98. The van der Waals surface area contributed by atoms with E-state index < -0.39 is 5.60 Å². The van der Waals surface area contributed by atoms with Crippen LogP contribution in [-0.4, -0.2) is 65.0 Å². The minimum absolute atomic E-state index is 0. The first-order valence-electron chi connectivity index (χ1n) is 9.36. The number of hydrogen-bond acceptors (Lipinski definition) is 4. The summed E-state index contributed by atoms with van der Waals surface area (Å²) in [5.74, 6) is 1.61. The predicted molar refractivity (Wildman–Crippen MR) is 117 cm³/mol. The molecule has 1 fully saturated rings. The fourth-order valence-corrected chi connectivity index (χ4v) is 2.98. The lowest BCUT2D eigenvalue weighted by Crippen LogP contribution is -2.43. The van der Waals surface area contributed by atoms with Gasteiger partial charge < -0.3 is 20.6 Å². The third-order valence-electron chi connectivity index (χ3n) is 4.81. The van der Waals surface area contributed by atoms with Crippen molar-refractivity contribution in [3.63, 3.8) is 0 Å². The minimum Gasteiger partial charge on any atom is -0.383 e. The molecule has 8 heteroatoms. The van der Waals surface area contributed by atoms with E-state index >= 15 is 0 Å². The van der Waals surface area contributed by atoms with Crippen LogP contribution in [0.4, 0.5) is 0 Å².